The zero-order valence-corrected chi connectivity index (χ0v) is 13.8. The number of nitrogens with one attached hydrogen (secondary N) is 1. The van der Waals surface area contributed by atoms with Gasteiger partial charge in [0.2, 0.25) is 0 Å². The SMILES string of the molecule is CCOC(=O)C(C)(CCCCSC(C)CO)NC1CC1. The van der Waals surface area contributed by atoms with E-state index in [1.807, 2.05) is 20.8 Å². The second-order valence-electron chi connectivity index (χ2n) is 5.79. The molecule has 0 aromatic carbocycles. The third-order valence-corrected chi connectivity index (χ3v) is 4.80. The third-order valence-electron chi connectivity index (χ3n) is 3.56. The lowest BCUT2D eigenvalue weighted by Gasteiger charge is -2.28. The van der Waals surface area contributed by atoms with Gasteiger partial charge in [0.1, 0.15) is 5.54 Å². The molecule has 4 nitrogen and oxygen atoms in total. The van der Waals surface area contributed by atoms with Crippen LogP contribution >= 0.6 is 11.8 Å². The smallest absolute Gasteiger partial charge is 0.326 e. The molecular formula is C15H29NO3S. The Bertz CT molecular complexity index is 297. The highest BCUT2D eigenvalue weighted by Gasteiger charge is 2.38. The first-order chi connectivity index (χ1) is 9.51. The maximum absolute atomic E-state index is 12.1. The van der Waals surface area contributed by atoms with Crippen LogP contribution in [0.2, 0.25) is 0 Å². The molecule has 0 radical (unpaired) electrons. The van der Waals surface area contributed by atoms with Gasteiger partial charge >= 0.3 is 5.97 Å². The normalized spacial score (nSPS) is 19.4. The van der Waals surface area contributed by atoms with E-state index in [0.29, 0.717) is 17.9 Å². The van der Waals surface area contributed by atoms with Crippen molar-refractivity contribution in [2.75, 3.05) is 19.0 Å². The highest BCUT2D eigenvalue weighted by Crippen LogP contribution is 2.26. The number of thioether (sulfide) groups is 1. The monoisotopic (exact) mass is 303 g/mol. The van der Waals surface area contributed by atoms with Crippen molar-refractivity contribution in [1.29, 1.82) is 0 Å². The average Bonchev–Trinajstić information content (AvgIpc) is 3.22. The van der Waals surface area contributed by atoms with E-state index in [2.05, 4.69) is 5.32 Å². The Morgan fingerprint density at radius 3 is 2.75 bits per heavy atom. The predicted molar refractivity (Wildman–Crippen MR) is 84.1 cm³/mol. The van der Waals surface area contributed by atoms with E-state index in [0.717, 1.165) is 25.0 Å². The van der Waals surface area contributed by atoms with Crippen molar-refractivity contribution in [3.05, 3.63) is 0 Å². The van der Waals surface area contributed by atoms with Crippen LogP contribution in [0.4, 0.5) is 0 Å². The number of aliphatic hydroxyl groups excluding tert-OH is 1. The molecule has 0 spiro atoms. The number of hydrogen-bond donors (Lipinski definition) is 2. The summed E-state index contributed by atoms with van der Waals surface area (Å²) in [5.41, 5.74) is -0.537. The van der Waals surface area contributed by atoms with Crippen LogP contribution in [-0.4, -0.2) is 46.9 Å². The molecule has 0 aliphatic heterocycles. The fourth-order valence-electron chi connectivity index (χ4n) is 2.12. The molecule has 1 saturated carbocycles. The van der Waals surface area contributed by atoms with E-state index in [1.54, 1.807) is 11.8 Å². The molecule has 0 heterocycles. The second kappa shape index (κ2) is 8.90. The third kappa shape index (κ3) is 6.46. The Morgan fingerprint density at radius 1 is 1.50 bits per heavy atom. The van der Waals surface area contributed by atoms with Gasteiger partial charge in [-0.3, -0.25) is 10.1 Å². The van der Waals surface area contributed by atoms with E-state index in [1.165, 1.54) is 12.8 Å². The minimum absolute atomic E-state index is 0.122. The summed E-state index contributed by atoms with van der Waals surface area (Å²) in [7, 11) is 0. The molecule has 0 saturated heterocycles. The van der Waals surface area contributed by atoms with Gasteiger partial charge in [0, 0.05) is 11.3 Å². The molecule has 1 rings (SSSR count). The summed E-state index contributed by atoms with van der Waals surface area (Å²) >= 11 is 1.79. The molecule has 2 N–H and O–H groups in total. The van der Waals surface area contributed by atoms with Crippen molar-refractivity contribution in [3.63, 3.8) is 0 Å². The molecule has 118 valence electrons. The Kier molecular flexibility index (Phi) is 7.92. The van der Waals surface area contributed by atoms with Crippen LogP contribution in [0.3, 0.4) is 0 Å². The van der Waals surface area contributed by atoms with E-state index >= 15 is 0 Å². The predicted octanol–water partition coefficient (Wildman–Crippen LogP) is 2.34. The van der Waals surface area contributed by atoms with Gasteiger partial charge in [-0.2, -0.15) is 11.8 Å². The van der Waals surface area contributed by atoms with Crippen molar-refractivity contribution < 1.29 is 14.6 Å². The molecule has 1 aliphatic carbocycles. The fourth-order valence-corrected chi connectivity index (χ4v) is 3.00. The van der Waals surface area contributed by atoms with Crippen molar-refractivity contribution in [3.8, 4) is 0 Å². The van der Waals surface area contributed by atoms with Crippen LogP contribution in [0.5, 0.6) is 0 Å². The van der Waals surface area contributed by atoms with Crippen molar-refractivity contribution in [2.45, 2.75) is 69.7 Å². The maximum atomic E-state index is 12.1. The van der Waals surface area contributed by atoms with Gasteiger partial charge in [-0.15, -0.1) is 0 Å². The molecule has 1 fully saturated rings. The molecule has 5 heteroatoms. The molecule has 1 aliphatic rings. The molecule has 0 aromatic heterocycles. The lowest BCUT2D eigenvalue weighted by molar-refractivity contribution is -0.151. The Hall–Kier alpha value is -0.260. The van der Waals surface area contributed by atoms with Crippen LogP contribution in [0.1, 0.15) is 52.9 Å². The highest BCUT2D eigenvalue weighted by atomic mass is 32.2. The Balaban J connectivity index is 2.30. The van der Waals surface area contributed by atoms with Gasteiger partial charge in [0.05, 0.1) is 13.2 Å². The largest absolute Gasteiger partial charge is 0.465 e. The number of esters is 1. The van der Waals surface area contributed by atoms with Crippen LogP contribution < -0.4 is 5.32 Å². The number of carbonyl (C=O) groups is 1. The Labute approximate surface area is 127 Å². The topological polar surface area (TPSA) is 58.6 Å². The first-order valence-electron chi connectivity index (χ1n) is 7.69. The van der Waals surface area contributed by atoms with Crippen molar-refractivity contribution in [1.82, 2.24) is 5.32 Å². The molecule has 0 aromatic rings. The summed E-state index contributed by atoms with van der Waals surface area (Å²) in [6.45, 7) is 6.51. The zero-order valence-electron chi connectivity index (χ0n) is 13.0. The number of aliphatic hydroxyl groups is 1. The van der Waals surface area contributed by atoms with E-state index in [4.69, 9.17) is 9.84 Å². The van der Waals surface area contributed by atoms with Gasteiger partial charge in [0.25, 0.3) is 0 Å². The minimum atomic E-state index is -0.537. The van der Waals surface area contributed by atoms with Crippen molar-refractivity contribution in [2.24, 2.45) is 0 Å². The van der Waals surface area contributed by atoms with Gasteiger partial charge < -0.3 is 9.84 Å². The van der Waals surface area contributed by atoms with Crippen LogP contribution in [-0.2, 0) is 9.53 Å². The van der Waals surface area contributed by atoms with Crippen LogP contribution in [0, 0.1) is 0 Å². The molecule has 0 amide bonds. The molecule has 20 heavy (non-hydrogen) atoms. The standard InChI is InChI=1S/C15H29NO3S/c1-4-19-14(18)15(3,16-13-7-8-13)9-5-6-10-20-12(2)11-17/h12-13,16-17H,4-11H2,1-3H3. The van der Waals surface area contributed by atoms with Gasteiger partial charge in [-0.1, -0.05) is 13.3 Å². The molecule has 2 atom stereocenters. The first-order valence-corrected chi connectivity index (χ1v) is 8.74. The van der Waals surface area contributed by atoms with Gasteiger partial charge in [0.15, 0.2) is 0 Å². The second-order valence-corrected chi connectivity index (χ2v) is 7.34. The highest BCUT2D eigenvalue weighted by molar-refractivity contribution is 7.99. The van der Waals surface area contributed by atoms with E-state index in [-0.39, 0.29) is 12.6 Å². The summed E-state index contributed by atoms with van der Waals surface area (Å²) in [4.78, 5) is 12.1. The summed E-state index contributed by atoms with van der Waals surface area (Å²) in [6.07, 6.45) is 5.21. The number of unbranched alkanes of at least 4 members (excludes halogenated alkanes) is 1. The molecule has 2 unspecified atom stereocenters. The number of ether oxygens (including phenoxy) is 1. The summed E-state index contributed by atoms with van der Waals surface area (Å²) in [6, 6.07) is 0.494. The average molecular weight is 303 g/mol. The quantitative estimate of drug-likeness (QED) is 0.453. The number of rotatable bonds is 11. The fraction of sp³-hybridized carbons (Fsp3) is 0.933. The van der Waals surface area contributed by atoms with Crippen LogP contribution in [0.25, 0.3) is 0 Å². The minimum Gasteiger partial charge on any atom is -0.465 e. The van der Waals surface area contributed by atoms with Gasteiger partial charge in [-0.25, -0.2) is 0 Å². The Morgan fingerprint density at radius 2 is 2.20 bits per heavy atom. The van der Waals surface area contributed by atoms with Crippen LogP contribution in [0.15, 0.2) is 0 Å². The lowest BCUT2D eigenvalue weighted by Crippen LogP contribution is -2.51. The molecule has 0 bridgehead atoms. The number of hydrogen-bond acceptors (Lipinski definition) is 5. The van der Waals surface area contributed by atoms with E-state index < -0.39 is 5.54 Å². The zero-order chi connectivity index (χ0) is 15.0. The molecular weight excluding hydrogens is 274 g/mol. The van der Waals surface area contributed by atoms with Crippen molar-refractivity contribution >= 4 is 17.7 Å². The maximum Gasteiger partial charge on any atom is 0.326 e. The number of carbonyl (C=O) groups excluding carboxylic acids is 1. The van der Waals surface area contributed by atoms with Gasteiger partial charge in [-0.05, 0) is 45.3 Å². The lowest BCUT2D eigenvalue weighted by atomic mass is 9.94. The summed E-state index contributed by atoms with van der Waals surface area (Å²) in [5.74, 6) is 0.910. The van der Waals surface area contributed by atoms with E-state index in [9.17, 15) is 4.79 Å². The first kappa shape index (κ1) is 17.8. The summed E-state index contributed by atoms with van der Waals surface area (Å²) < 4.78 is 5.21. The summed E-state index contributed by atoms with van der Waals surface area (Å²) in [5, 5.41) is 12.7.